The fourth-order valence-electron chi connectivity index (χ4n) is 1.49. The molecule has 108 valence electrons. The van der Waals surface area contributed by atoms with Crippen LogP contribution in [0.5, 0.6) is 0 Å². The highest BCUT2D eigenvalue weighted by molar-refractivity contribution is 6.13. The van der Waals surface area contributed by atoms with Crippen LogP contribution in [0.25, 0.3) is 0 Å². The summed E-state index contributed by atoms with van der Waals surface area (Å²) in [6.45, 7) is 7.38. The van der Waals surface area contributed by atoms with E-state index in [1.165, 1.54) is 19.3 Å². The quantitative estimate of drug-likeness (QED) is 0.303. The fraction of sp³-hybridized carbons (Fsp3) is 0.692. The van der Waals surface area contributed by atoms with Crippen LogP contribution in [0, 0.1) is 0 Å². The summed E-state index contributed by atoms with van der Waals surface area (Å²) in [6.07, 6.45) is 2.37. The van der Waals surface area contributed by atoms with Crippen molar-refractivity contribution in [2.45, 2.75) is 52.0 Å². The first kappa shape index (κ1) is 15.8. The van der Waals surface area contributed by atoms with Crippen LogP contribution < -0.4 is 0 Å². The molecule has 1 aliphatic rings. The van der Waals surface area contributed by atoms with Gasteiger partial charge in [-0.1, -0.05) is 6.92 Å². The van der Waals surface area contributed by atoms with Crippen LogP contribution in [0.1, 0.15) is 34.1 Å². The highest BCUT2D eigenvalue weighted by atomic mass is 17.2. The van der Waals surface area contributed by atoms with Crippen molar-refractivity contribution in [1.82, 2.24) is 4.90 Å². The van der Waals surface area contributed by atoms with Gasteiger partial charge < -0.3 is 4.74 Å². The summed E-state index contributed by atoms with van der Waals surface area (Å²) in [5.74, 6) is -0.754. The van der Waals surface area contributed by atoms with Crippen molar-refractivity contribution < 1.29 is 24.1 Å². The van der Waals surface area contributed by atoms with Crippen molar-refractivity contribution in [2.75, 3.05) is 7.11 Å². The van der Waals surface area contributed by atoms with Gasteiger partial charge in [-0.15, -0.1) is 0 Å². The number of carbonyl (C=O) groups is 2. The largest absolute Gasteiger partial charge is 0.351 e. The summed E-state index contributed by atoms with van der Waals surface area (Å²) in [5.41, 5.74) is -0.465. The maximum atomic E-state index is 11.6. The lowest BCUT2D eigenvalue weighted by molar-refractivity contribution is -0.422. The van der Waals surface area contributed by atoms with Gasteiger partial charge in [0.2, 0.25) is 6.29 Å². The summed E-state index contributed by atoms with van der Waals surface area (Å²) >= 11 is 0. The second-order valence-electron chi connectivity index (χ2n) is 5.02. The second-order valence-corrected chi connectivity index (χ2v) is 5.02. The van der Waals surface area contributed by atoms with Gasteiger partial charge in [0.15, 0.2) is 0 Å². The van der Waals surface area contributed by atoms with E-state index in [4.69, 9.17) is 14.5 Å². The zero-order valence-electron chi connectivity index (χ0n) is 12.0. The minimum absolute atomic E-state index is 0.377. The summed E-state index contributed by atoms with van der Waals surface area (Å²) in [4.78, 5) is 34.7. The molecular weight excluding hydrogens is 250 g/mol. The normalized spacial score (nSPS) is 19.1. The number of rotatable bonds is 7. The Morgan fingerprint density at radius 2 is 1.79 bits per heavy atom. The predicted molar refractivity (Wildman–Crippen MR) is 67.8 cm³/mol. The van der Waals surface area contributed by atoms with Crippen LogP contribution in [-0.4, -0.2) is 41.8 Å². The third-order valence-corrected chi connectivity index (χ3v) is 3.10. The van der Waals surface area contributed by atoms with E-state index in [-0.39, 0.29) is 11.8 Å². The van der Waals surface area contributed by atoms with Gasteiger partial charge in [-0.3, -0.25) is 14.5 Å². The van der Waals surface area contributed by atoms with Gasteiger partial charge in [-0.2, -0.15) is 0 Å². The average molecular weight is 271 g/mol. The first-order valence-corrected chi connectivity index (χ1v) is 6.25. The molecule has 0 aliphatic carbocycles. The zero-order valence-corrected chi connectivity index (χ0v) is 12.0. The molecule has 2 amide bonds. The van der Waals surface area contributed by atoms with Crippen molar-refractivity contribution in [3.05, 3.63) is 12.2 Å². The fourth-order valence-corrected chi connectivity index (χ4v) is 1.49. The molecular formula is C13H21NO5. The van der Waals surface area contributed by atoms with E-state index < -0.39 is 17.9 Å². The van der Waals surface area contributed by atoms with E-state index in [9.17, 15) is 9.59 Å². The van der Waals surface area contributed by atoms with Gasteiger partial charge >= 0.3 is 0 Å². The molecule has 6 heteroatoms. The van der Waals surface area contributed by atoms with Gasteiger partial charge in [0, 0.05) is 19.3 Å². The highest BCUT2D eigenvalue weighted by Crippen LogP contribution is 2.19. The minimum Gasteiger partial charge on any atom is -0.351 e. The number of amides is 2. The number of hydrogen-bond donors (Lipinski definition) is 0. The van der Waals surface area contributed by atoms with Crippen molar-refractivity contribution >= 4 is 11.8 Å². The topological polar surface area (TPSA) is 65.1 Å². The third kappa shape index (κ3) is 3.86. The molecule has 1 heterocycles. The highest BCUT2D eigenvalue weighted by Gasteiger charge is 2.35. The zero-order chi connectivity index (χ0) is 14.6. The molecule has 2 atom stereocenters. The molecule has 0 saturated heterocycles. The van der Waals surface area contributed by atoms with E-state index in [1.807, 2.05) is 20.8 Å². The number of imide groups is 1. The monoisotopic (exact) mass is 271 g/mol. The SMILES string of the molecule is CCC(C)(C)OOC(OC)C(C)N1C(=O)C=CC1=O. The standard InChI is InChI=1S/C13H21NO5/c1-6-13(3,4)19-18-12(17-5)9(2)14-10(15)7-8-11(14)16/h7-9,12H,6H2,1-5H3. The molecule has 1 aliphatic heterocycles. The van der Waals surface area contributed by atoms with Crippen LogP contribution in [0.2, 0.25) is 0 Å². The number of nitrogens with zero attached hydrogens (tertiary/aromatic N) is 1. The summed E-state index contributed by atoms with van der Waals surface area (Å²) in [5, 5.41) is 0. The molecule has 2 unspecified atom stereocenters. The number of carbonyl (C=O) groups excluding carboxylic acids is 2. The Labute approximate surface area is 113 Å². The van der Waals surface area contributed by atoms with Crippen molar-refractivity contribution in [1.29, 1.82) is 0 Å². The summed E-state index contributed by atoms with van der Waals surface area (Å²) in [6, 6.07) is -0.576. The van der Waals surface area contributed by atoms with E-state index in [2.05, 4.69) is 0 Å². The third-order valence-electron chi connectivity index (χ3n) is 3.10. The molecule has 19 heavy (non-hydrogen) atoms. The Morgan fingerprint density at radius 3 is 2.21 bits per heavy atom. The lowest BCUT2D eigenvalue weighted by Crippen LogP contribution is -2.47. The Kier molecular flexibility index (Phi) is 5.22. The van der Waals surface area contributed by atoms with Gasteiger partial charge in [0.1, 0.15) is 0 Å². The first-order chi connectivity index (χ1) is 8.82. The van der Waals surface area contributed by atoms with Gasteiger partial charge in [-0.25, -0.2) is 9.78 Å². The van der Waals surface area contributed by atoms with Crippen LogP contribution in [-0.2, 0) is 24.1 Å². The van der Waals surface area contributed by atoms with Crippen molar-refractivity contribution in [3.8, 4) is 0 Å². The Hall–Kier alpha value is -1.24. The molecule has 0 aromatic carbocycles. The molecule has 6 nitrogen and oxygen atoms in total. The molecule has 1 rings (SSSR count). The van der Waals surface area contributed by atoms with E-state index in [0.29, 0.717) is 0 Å². The number of hydrogen-bond acceptors (Lipinski definition) is 5. The molecule has 0 fully saturated rings. The molecule has 0 aromatic rings. The van der Waals surface area contributed by atoms with Crippen LogP contribution in [0.3, 0.4) is 0 Å². The van der Waals surface area contributed by atoms with Crippen LogP contribution >= 0.6 is 0 Å². The molecule has 0 aromatic heterocycles. The first-order valence-electron chi connectivity index (χ1n) is 6.25. The molecule has 0 bridgehead atoms. The number of methoxy groups -OCH3 is 1. The van der Waals surface area contributed by atoms with Crippen molar-refractivity contribution in [3.63, 3.8) is 0 Å². The Morgan fingerprint density at radius 1 is 1.26 bits per heavy atom. The lowest BCUT2D eigenvalue weighted by Gasteiger charge is -2.31. The molecule has 0 saturated carbocycles. The summed E-state index contributed by atoms with van der Waals surface area (Å²) in [7, 11) is 1.43. The van der Waals surface area contributed by atoms with Crippen LogP contribution in [0.4, 0.5) is 0 Å². The number of ether oxygens (including phenoxy) is 1. The second kappa shape index (κ2) is 6.27. The van der Waals surface area contributed by atoms with E-state index >= 15 is 0 Å². The molecule has 0 radical (unpaired) electrons. The average Bonchev–Trinajstić information content (AvgIpc) is 2.69. The van der Waals surface area contributed by atoms with Gasteiger partial charge in [-0.05, 0) is 27.2 Å². The Bertz CT molecular complexity index is 359. The van der Waals surface area contributed by atoms with E-state index in [1.54, 1.807) is 6.92 Å². The smallest absolute Gasteiger partial charge is 0.254 e. The lowest BCUT2D eigenvalue weighted by atomic mass is 10.1. The van der Waals surface area contributed by atoms with Gasteiger partial charge in [0.05, 0.1) is 11.6 Å². The molecule has 0 spiro atoms. The molecule has 0 N–H and O–H groups in total. The predicted octanol–water partition coefficient (Wildman–Crippen LogP) is 1.41. The maximum Gasteiger partial charge on any atom is 0.254 e. The summed E-state index contributed by atoms with van der Waals surface area (Å²) < 4.78 is 5.14. The minimum atomic E-state index is -0.835. The van der Waals surface area contributed by atoms with Crippen molar-refractivity contribution in [2.24, 2.45) is 0 Å². The van der Waals surface area contributed by atoms with Gasteiger partial charge in [0.25, 0.3) is 11.8 Å². The maximum absolute atomic E-state index is 11.6. The van der Waals surface area contributed by atoms with E-state index in [0.717, 1.165) is 11.3 Å². The Balaban J connectivity index is 2.64. The van der Waals surface area contributed by atoms with Crippen LogP contribution in [0.15, 0.2) is 12.2 Å².